The number of amides is 2. The van der Waals surface area contributed by atoms with E-state index in [1.165, 1.54) is 36.4 Å². The Kier molecular flexibility index (Phi) is 5.21. The smallest absolute Gasteiger partial charge is 0.261 e. The van der Waals surface area contributed by atoms with Crippen LogP contribution in [0.15, 0.2) is 47.5 Å². The van der Waals surface area contributed by atoms with E-state index < -0.39 is 34.0 Å². The van der Waals surface area contributed by atoms with E-state index in [0.717, 1.165) is 10.6 Å². The molecule has 154 valence electrons. The molecule has 2 fully saturated rings. The van der Waals surface area contributed by atoms with Crippen molar-refractivity contribution in [2.75, 3.05) is 20.1 Å². The van der Waals surface area contributed by atoms with E-state index in [1.807, 2.05) is 0 Å². The molecule has 1 aromatic heterocycles. The first kappa shape index (κ1) is 20.0. The molecule has 2 aliphatic rings. The van der Waals surface area contributed by atoms with E-state index in [4.69, 9.17) is 16.4 Å². The number of H-pyrrole nitrogens is 1. The fourth-order valence-electron chi connectivity index (χ4n) is 3.66. The predicted molar refractivity (Wildman–Crippen MR) is 103 cm³/mol. The maximum atomic E-state index is 12.6. The van der Waals surface area contributed by atoms with Crippen LogP contribution in [0.2, 0.25) is 5.02 Å². The Morgan fingerprint density at radius 3 is 2.55 bits per heavy atom. The highest BCUT2D eigenvalue weighted by molar-refractivity contribution is 7.89. The molecule has 2 amide bonds. The predicted octanol–water partition coefficient (Wildman–Crippen LogP) is 0.918. The van der Waals surface area contributed by atoms with Gasteiger partial charge >= 0.3 is 0 Å². The zero-order chi connectivity index (χ0) is 20.8. The minimum Gasteiger partial charge on any atom is -0.364 e. The topological polar surface area (TPSA) is 112 Å². The van der Waals surface area contributed by atoms with Gasteiger partial charge in [0.15, 0.2) is 6.10 Å². The van der Waals surface area contributed by atoms with Gasteiger partial charge in [0.1, 0.15) is 0 Å². The van der Waals surface area contributed by atoms with Crippen molar-refractivity contribution in [3.8, 4) is 0 Å². The number of halogens is 1. The van der Waals surface area contributed by atoms with Gasteiger partial charge in [-0.1, -0.05) is 11.6 Å². The molecule has 9 nitrogen and oxygen atoms in total. The average molecular weight is 439 g/mol. The van der Waals surface area contributed by atoms with Gasteiger partial charge in [-0.3, -0.25) is 19.3 Å². The summed E-state index contributed by atoms with van der Waals surface area (Å²) in [5, 5.41) is 1.93. The van der Waals surface area contributed by atoms with E-state index in [2.05, 4.69) is 9.71 Å². The number of hydrogen-bond donors (Lipinski definition) is 2. The minimum absolute atomic E-state index is 0.0276. The highest BCUT2D eigenvalue weighted by Crippen LogP contribution is 2.43. The number of aromatic nitrogens is 1. The van der Waals surface area contributed by atoms with E-state index >= 15 is 0 Å². The molecule has 2 aromatic rings. The largest absolute Gasteiger partial charge is 0.364 e. The Morgan fingerprint density at radius 1 is 1.17 bits per heavy atom. The van der Waals surface area contributed by atoms with Crippen molar-refractivity contribution in [1.29, 1.82) is 0 Å². The Bertz CT molecular complexity index is 1030. The maximum absolute atomic E-state index is 12.6. The summed E-state index contributed by atoms with van der Waals surface area (Å²) in [4.78, 5) is 34.9. The lowest BCUT2D eigenvalue weighted by Gasteiger charge is -2.25. The van der Waals surface area contributed by atoms with Crippen molar-refractivity contribution in [1.82, 2.24) is 19.7 Å². The molecular formula is C18H19ClN4O5S. The zero-order valence-corrected chi connectivity index (χ0v) is 17.0. The number of imide groups is 1. The number of rotatable bonds is 6. The van der Waals surface area contributed by atoms with Gasteiger partial charge in [0.05, 0.1) is 16.9 Å². The number of likely N-dealkylation sites (tertiary alicyclic amines) is 1. The molecule has 2 saturated heterocycles. The first-order chi connectivity index (χ1) is 13.8. The zero-order valence-electron chi connectivity index (χ0n) is 15.4. The van der Waals surface area contributed by atoms with Crippen molar-refractivity contribution in [2.45, 2.75) is 17.0 Å². The second kappa shape index (κ2) is 7.54. The van der Waals surface area contributed by atoms with E-state index in [9.17, 15) is 18.0 Å². The summed E-state index contributed by atoms with van der Waals surface area (Å²) in [7, 11) is -2.30. The molecule has 29 heavy (non-hydrogen) atoms. The number of aromatic amines is 1. The molecule has 2 aliphatic heterocycles. The lowest BCUT2D eigenvalue weighted by atomic mass is 9.94. The number of carbonyl (C=O) groups excluding carboxylic acids is 2. The van der Waals surface area contributed by atoms with Crippen molar-refractivity contribution in [3.05, 3.63) is 53.3 Å². The van der Waals surface area contributed by atoms with Gasteiger partial charge in [-0.2, -0.15) is 5.06 Å². The van der Waals surface area contributed by atoms with Crippen LogP contribution in [0.3, 0.4) is 0 Å². The van der Waals surface area contributed by atoms with Crippen LogP contribution < -0.4 is 4.72 Å². The van der Waals surface area contributed by atoms with Gasteiger partial charge in [0.2, 0.25) is 15.9 Å². The summed E-state index contributed by atoms with van der Waals surface area (Å²) >= 11 is 5.80. The number of likely N-dealkylation sites (N-methyl/N-ethyl adjacent to an activating group) is 1. The Labute approximate surface area is 172 Å². The third kappa shape index (κ3) is 3.58. The number of nitrogens with zero attached hydrogens (tertiary/aromatic N) is 2. The van der Waals surface area contributed by atoms with Crippen molar-refractivity contribution in [2.24, 2.45) is 5.92 Å². The molecule has 0 bridgehead atoms. The molecule has 0 spiro atoms. The SMILES string of the molecule is CN1C(=O)[C@@H]2ON(CCNS(=O)(=O)c3ccc(Cl)cc3)C(c3ccc[nH]3)[C@@H]2C1=O. The minimum atomic E-state index is -3.73. The lowest BCUT2D eigenvalue weighted by molar-refractivity contribution is -0.178. The van der Waals surface area contributed by atoms with Gasteiger partial charge in [0.25, 0.3) is 5.91 Å². The van der Waals surface area contributed by atoms with Crippen LogP contribution >= 0.6 is 11.6 Å². The fourth-order valence-corrected chi connectivity index (χ4v) is 4.81. The van der Waals surface area contributed by atoms with Crippen molar-refractivity contribution >= 4 is 33.4 Å². The molecule has 11 heteroatoms. The first-order valence-electron chi connectivity index (χ1n) is 8.93. The molecule has 0 saturated carbocycles. The van der Waals surface area contributed by atoms with Crippen molar-refractivity contribution < 1.29 is 22.8 Å². The summed E-state index contributed by atoms with van der Waals surface area (Å²) in [6, 6.07) is 8.89. The van der Waals surface area contributed by atoms with Gasteiger partial charge in [-0.05, 0) is 36.4 Å². The lowest BCUT2D eigenvalue weighted by Crippen LogP contribution is -2.38. The van der Waals surface area contributed by atoms with Crippen LogP contribution in [0.5, 0.6) is 0 Å². The summed E-state index contributed by atoms with van der Waals surface area (Å²) in [6.07, 6.45) is 0.809. The highest BCUT2D eigenvalue weighted by atomic mass is 35.5. The number of benzene rings is 1. The van der Waals surface area contributed by atoms with Crippen molar-refractivity contribution in [3.63, 3.8) is 0 Å². The molecule has 1 unspecified atom stereocenters. The van der Waals surface area contributed by atoms with Crippen LogP contribution in [-0.2, 0) is 24.4 Å². The number of fused-ring (bicyclic) bond motifs is 1. The summed E-state index contributed by atoms with van der Waals surface area (Å²) in [5.74, 6) is -1.40. The number of hydrogen-bond acceptors (Lipinski definition) is 6. The first-order valence-corrected chi connectivity index (χ1v) is 10.8. The van der Waals surface area contributed by atoms with Gasteiger partial charge < -0.3 is 4.98 Å². The summed E-state index contributed by atoms with van der Waals surface area (Å²) in [5.41, 5.74) is 0.717. The number of carbonyl (C=O) groups is 2. The number of hydroxylamine groups is 2. The van der Waals surface area contributed by atoms with E-state index in [-0.39, 0.29) is 23.9 Å². The number of nitrogens with one attached hydrogen (secondary N) is 2. The van der Waals surface area contributed by atoms with Crippen LogP contribution in [0.4, 0.5) is 0 Å². The molecule has 0 radical (unpaired) electrons. The Balaban J connectivity index is 1.49. The molecule has 1 aromatic carbocycles. The van der Waals surface area contributed by atoms with Crippen LogP contribution in [0.1, 0.15) is 11.7 Å². The normalized spacial score (nSPS) is 25.0. The molecule has 3 heterocycles. The Hall–Kier alpha value is -2.24. The van der Waals surface area contributed by atoms with Crippen LogP contribution in [-0.4, -0.2) is 61.4 Å². The van der Waals surface area contributed by atoms with Crippen LogP contribution in [0, 0.1) is 5.92 Å². The van der Waals surface area contributed by atoms with Gasteiger partial charge in [-0.25, -0.2) is 13.1 Å². The molecule has 2 N–H and O–H groups in total. The average Bonchev–Trinajstić information content (AvgIpc) is 3.37. The second-order valence-electron chi connectivity index (χ2n) is 6.85. The molecule has 0 aliphatic carbocycles. The molecule has 4 rings (SSSR count). The monoisotopic (exact) mass is 438 g/mol. The third-order valence-electron chi connectivity index (χ3n) is 5.10. The standard InChI is InChI=1S/C18H19ClN4O5S/c1-22-17(24)14-15(13-3-2-8-20-13)23(28-16(14)18(22)25)10-9-21-29(26,27)12-6-4-11(19)5-7-12/h2-8,14-16,20-21H,9-10H2,1H3/t14-,15?,16+/m0/s1. The quantitative estimate of drug-likeness (QED) is 0.648. The van der Waals surface area contributed by atoms with Crippen LogP contribution in [0.25, 0.3) is 0 Å². The highest BCUT2D eigenvalue weighted by Gasteiger charge is 2.58. The Morgan fingerprint density at radius 2 is 1.90 bits per heavy atom. The summed E-state index contributed by atoms with van der Waals surface area (Å²) < 4.78 is 27.4. The van der Waals surface area contributed by atoms with Gasteiger partial charge in [0, 0.05) is 37.1 Å². The summed E-state index contributed by atoms with van der Waals surface area (Å²) in [6.45, 7) is 0.174. The fraction of sp³-hybridized carbons (Fsp3) is 0.333. The van der Waals surface area contributed by atoms with E-state index in [1.54, 1.807) is 18.3 Å². The second-order valence-corrected chi connectivity index (χ2v) is 9.05. The van der Waals surface area contributed by atoms with E-state index in [0.29, 0.717) is 5.02 Å². The molecule has 3 atom stereocenters. The number of sulfonamides is 1. The molecular weight excluding hydrogens is 420 g/mol. The third-order valence-corrected chi connectivity index (χ3v) is 6.83. The maximum Gasteiger partial charge on any atom is 0.261 e. The van der Waals surface area contributed by atoms with Gasteiger partial charge in [-0.15, -0.1) is 0 Å².